The Kier molecular flexibility index (Phi) is 6.72. The molecule has 152 valence electrons. The van der Waals surface area contributed by atoms with Gasteiger partial charge in [-0.25, -0.2) is 9.37 Å². The minimum atomic E-state index is -0.406. The first kappa shape index (κ1) is 20.7. The Bertz CT molecular complexity index is 993. The molecule has 1 heterocycles. The second kappa shape index (κ2) is 9.43. The van der Waals surface area contributed by atoms with Crippen molar-refractivity contribution in [2.24, 2.45) is 0 Å². The number of imidazole rings is 1. The number of amides is 1. The van der Waals surface area contributed by atoms with Crippen LogP contribution >= 0.6 is 11.6 Å². The molecule has 1 N–H and O–H groups in total. The number of ether oxygens (including phenoxy) is 2. The van der Waals surface area contributed by atoms with Gasteiger partial charge in [-0.2, -0.15) is 0 Å². The Morgan fingerprint density at radius 1 is 1.31 bits per heavy atom. The first-order valence-electron chi connectivity index (χ1n) is 9.08. The van der Waals surface area contributed by atoms with Crippen LogP contribution in [0.3, 0.4) is 0 Å². The number of rotatable bonds is 8. The zero-order valence-electron chi connectivity index (χ0n) is 16.1. The molecule has 3 aromatic rings. The van der Waals surface area contributed by atoms with Crippen LogP contribution in [0, 0.1) is 5.82 Å². The zero-order chi connectivity index (χ0) is 20.8. The van der Waals surface area contributed by atoms with E-state index in [1.807, 2.05) is 6.92 Å². The summed E-state index contributed by atoms with van der Waals surface area (Å²) in [6.45, 7) is 2.63. The van der Waals surface area contributed by atoms with E-state index in [2.05, 4.69) is 10.3 Å². The normalized spacial score (nSPS) is 10.6. The predicted octanol–water partition coefficient (Wildman–Crippen LogP) is 4.39. The van der Waals surface area contributed by atoms with Crippen molar-refractivity contribution in [1.29, 1.82) is 0 Å². The van der Waals surface area contributed by atoms with E-state index < -0.39 is 5.82 Å². The van der Waals surface area contributed by atoms with Crippen molar-refractivity contribution < 1.29 is 18.7 Å². The predicted molar refractivity (Wildman–Crippen MR) is 108 cm³/mol. The number of carbonyl (C=O) groups excluding carboxylic acids is 1. The number of aromatic nitrogens is 2. The lowest BCUT2D eigenvalue weighted by atomic mass is 10.1. The maximum atomic E-state index is 14.3. The lowest BCUT2D eigenvalue weighted by Crippen LogP contribution is -2.23. The molecule has 8 heteroatoms. The van der Waals surface area contributed by atoms with Gasteiger partial charge in [0.1, 0.15) is 5.82 Å². The fourth-order valence-corrected chi connectivity index (χ4v) is 3.02. The fraction of sp³-hybridized carbons (Fsp3) is 0.238. The van der Waals surface area contributed by atoms with E-state index in [9.17, 15) is 9.18 Å². The van der Waals surface area contributed by atoms with Gasteiger partial charge in [-0.3, -0.25) is 4.79 Å². The molecule has 1 aromatic heterocycles. The summed E-state index contributed by atoms with van der Waals surface area (Å²) in [5, 5.41) is 3.05. The van der Waals surface area contributed by atoms with Crippen LogP contribution in [0.4, 0.5) is 4.39 Å². The van der Waals surface area contributed by atoms with Gasteiger partial charge in [0, 0.05) is 24.5 Å². The molecule has 0 unspecified atom stereocenters. The zero-order valence-corrected chi connectivity index (χ0v) is 16.9. The van der Waals surface area contributed by atoms with Gasteiger partial charge < -0.3 is 19.4 Å². The third-order valence-corrected chi connectivity index (χ3v) is 4.47. The van der Waals surface area contributed by atoms with Crippen molar-refractivity contribution in [3.8, 4) is 17.2 Å². The molecule has 2 aromatic carbocycles. The summed E-state index contributed by atoms with van der Waals surface area (Å²) in [5.74, 6) is 0.0276. The minimum Gasteiger partial charge on any atom is -0.493 e. The summed E-state index contributed by atoms with van der Waals surface area (Å²) in [6.07, 6.45) is 5.57. The number of hydrogen-bond donors (Lipinski definition) is 1. The molecule has 0 saturated carbocycles. The Balaban J connectivity index is 1.71. The maximum absolute atomic E-state index is 14.3. The lowest BCUT2D eigenvalue weighted by Gasteiger charge is -2.14. The second-order valence-electron chi connectivity index (χ2n) is 6.28. The molecule has 0 saturated heterocycles. The van der Waals surface area contributed by atoms with E-state index in [4.69, 9.17) is 21.1 Å². The van der Waals surface area contributed by atoms with Crippen LogP contribution in [-0.2, 0) is 6.54 Å². The summed E-state index contributed by atoms with van der Waals surface area (Å²) >= 11 is 6.26. The molecular weight excluding hydrogens is 397 g/mol. The average Bonchev–Trinajstić information content (AvgIpc) is 3.25. The molecule has 0 aliphatic rings. The highest BCUT2D eigenvalue weighted by Gasteiger charge is 2.16. The van der Waals surface area contributed by atoms with Crippen LogP contribution in [0.25, 0.3) is 5.69 Å². The number of methoxy groups -OCH3 is 1. The number of hydrogen-bond acceptors (Lipinski definition) is 4. The molecule has 0 radical (unpaired) electrons. The molecule has 0 aliphatic carbocycles. The third kappa shape index (κ3) is 4.86. The van der Waals surface area contributed by atoms with Crippen LogP contribution in [0.15, 0.2) is 49.1 Å². The number of carbonyl (C=O) groups is 1. The number of benzene rings is 2. The molecule has 0 fully saturated rings. The van der Waals surface area contributed by atoms with Gasteiger partial charge in [0.05, 0.1) is 30.8 Å². The van der Waals surface area contributed by atoms with Gasteiger partial charge in [0.2, 0.25) is 0 Å². The van der Waals surface area contributed by atoms with E-state index in [0.29, 0.717) is 39.9 Å². The van der Waals surface area contributed by atoms with E-state index in [-0.39, 0.29) is 12.5 Å². The van der Waals surface area contributed by atoms with Crippen LogP contribution in [0.5, 0.6) is 11.5 Å². The smallest absolute Gasteiger partial charge is 0.251 e. The second-order valence-corrected chi connectivity index (χ2v) is 6.68. The van der Waals surface area contributed by atoms with Crippen molar-refractivity contribution in [3.63, 3.8) is 0 Å². The van der Waals surface area contributed by atoms with Crippen molar-refractivity contribution in [2.45, 2.75) is 19.9 Å². The fourth-order valence-electron chi connectivity index (χ4n) is 2.75. The van der Waals surface area contributed by atoms with Gasteiger partial charge in [-0.1, -0.05) is 24.6 Å². The largest absolute Gasteiger partial charge is 0.493 e. The Labute approximate surface area is 173 Å². The van der Waals surface area contributed by atoms with Crippen LogP contribution in [-0.4, -0.2) is 29.2 Å². The van der Waals surface area contributed by atoms with Crippen molar-refractivity contribution in [1.82, 2.24) is 14.9 Å². The highest BCUT2D eigenvalue weighted by molar-refractivity contribution is 6.32. The summed E-state index contributed by atoms with van der Waals surface area (Å²) < 4.78 is 26.8. The molecule has 0 aliphatic heterocycles. The van der Waals surface area contributed by atoms with Crippen molar-refractivity contribution in [2.75, 3.05) is 13.7 Å². The van der Waals surface area contributed by atoms with Crippen LogP contribution in [0.2, 0.25) is 5.02 Å². The first-order chi connectivity index (χ1) is 14.0. The van der Waals surface area contributed by atoms with Gasteiger partial charge in [0.15, 0.2) is 11.5 Å². The number of nitrogens with zero attached hydrogens (tertiary/aromatic N) is 2. The van der Waals surface area contributed by atoms with Crippen molar-refractivity contribution >= 4 is 17.5 Å². The molecule has 0 bridgehead atoms. The van der Waals surface area contributed by atoms with E-state index in [1.165, 1.54) is 25.6 Å². The maximum Gasteiger partial charge on any atom is 0.251 e. The summed E-state index contributed by atoms with van der Waals surface area (Å²) in [4.78, 5) is 16.4. The molecule has 6 nitrogen and oxygen atoms in total. The van der Waals surface area contributed by atoms with Crippen LogP contribution < -0.4 is 14.8 Å². The summed E-state index contributed by atoms with van der Waals surface area (Å²) in [6, 6.07) is 7.85. The Morgan fingerprint density at radius 3 is 2.79 bits per heavy atom. The number of nitrogens with one attached hydrogen (secondary N) is 1. The molecular formula is C21H21ClFN3O3. The molecule has 29 heavy (non-hydrogen) atoms. The highest BCUT2D eigenvalue weighted by atomic mass is 35.5. The Hall–Kier alpha value is -3.06. The summed E-state index contributed by atoms with van der Waals surface area (Å²) in [7, 11) is 1.48. The van der Waals surface area contributed by atoms with E-state index in [1.54, 1.807) is 35.2 Å². The highest BCUT2D eigenvalue weighted by Crippen LogP contribution is 2.36. The topological polar surface area (TPSA) is 65.4 Å². The van der Waals surface area contributed by atoms with Gasteiger partial charge in [0.25, 0.3) is 5.91 Å². The number of halogens is 2. The SMILES string of the molecule is CCCOc1c(Cl)cc(C(=O)NCc2ccc(-n3ccnc3)c(F)c2)cc1OC. The standard InChI is InChI=1S/C21H21ClFN3O3/c1-3-8-29-20-16(22)10-15(11-19(20)28-2)21(27)25-12-14-4-5-18(17(23)9-14)26-7-6-24-13-26/h4-7,9-11,13H,3,8,12H2,1-2H3,(H,25,27). The monoisotopic (exact) mass is 417 g/mol. The molecule has 0 spiro atoms. The van der Waals surface area contributed by atoms with Gasteiger partial charge >= 0.3 is 0 Å². The van der Waals surface area contributed by atoms with Gasteiger partial charge in [-0.15, -0.1) is 0 Å². The first-order valence-corrected chi connectivity index (χ1v) is 9.46. The van der Waals surface area contributed by atoms with Crippen LogP contribution in [0.1, 0.15) is 29.3 Å². The van der Waals surface area contributed by atoms with E-state index >= 15 is 0 Å². The molecule has 0 atom stereocenters. The Morgan fingerprint density at radius 2 is 2.14 bits per heavy atom. The third-order valence-electron chi connectivity index (χ3n) is 4.19. The minimum absolute atomic E-state index is 0.161. The molecule has 3 rings (SSSR count). The average molecular weight is 418 g/mol. The van der Waals surface area contributed by atoms with E-state index in [0.717, 1.165) is 6.42 Å². The van der Waals surface area contributed by atoms with Gasteiger partial charge in [-0.05, 0) is 36.2 Å². The van der Waals surface area contributed by atoms with Crippen molar-refractivity contribution in [3.05, 3.63) is 71.0 Å². The summed E-state index contributed by atoms with van der Waals surface area (Å²) in [5.41, 5.74) is 1.34. The lowest BCUT2D eigenvalue weighted by molar-refractivity contribution is 0.0950. The molecule has 1 amide bonds. The quantitative estimate of drug-likeness (QED) is 0.590.